The largest absolute Gasteiger partial charge is 0.490 e. The lowest BCUT2D eigenvalue weighted by Crippen LogP contribution is -2.09. The molecule has 1 unspecified atom stereocenters. The Balaban J connectivity index is 1.99. The molecule has 1 atom stereocenters. The molecule has 0 aliphatic heterocycles. The normalized spacial score (nSPS) is 12.2. The van der Waals surface area contributed by atoms with E-state index in [0.29, 0.717) is 10.8 Å². The highest BCUT2D eigenvalue weighted by Crippen LogP contribution is 2.20. The van der Waals surface area contributed by atoms with Crippen molar-refractivity contribution in [1.82, 2.24) is 0 Å². The number of aliphatic hydroxyl groups excluding tert-OH is 1. The van der Waals surface area contributed by atoms with Crippen LogP contribution in [0.25, 0.3) is 0 Å². The van der Waals surface area contributed by atoms with Gasteiger partial charge in [-0.1, -0.05) is 48.9 Å². The van der Waals surface area contributed by atoms with Gasteiger partial charge in [0.25, 0.3) is 0 Å². The predicted molar refractivity (Wildman–Crippen MR) is 77.7 cm³/mol. The predicted octanol–water partition coefficient (Wildman–Crippen LogP) is 4.01. The summed E-state index contributed by atoms with van der Waals surface area (Å²) >= 11 is 5.87. The summed E-state index contributed by atoms with van der Waals surface area (Å²) in [5.74, 6) is 0.665. The standard InChI is InChI=1S/C16H17ClO2/c1-2-12-5-3-6-13(9-12)16(18)11-19-15-8-4-7-14(17)10-15/h3-10,16,18H,2,11H2,1H3. The van der Waals surface area contributed by atoms with Gasteiger partial charge < -0.3 is 9.84 Å². The zero-order chi connectivity index (χ0) is 13.7. The van der Waals surface area contributed by atoms with E-state index in [1.165, 1.54) is 5.56 Å². The Labute approximate surface area is 118 Å². The Bertz CT molecular complexity index is 540. The maximum Gasteiger partial charge on any atom is 0.120 e. The molecule has 19 heavy (non-hydrogen) atoms. The van der Waals surface area contributed by atoms with E-state index < -0.39 is 6.10 Å². The summed E-state index contributed by atoms with van der Waals surface area (Å²) < 4.78 is 5.54. The minimum absolute atomic E-state index is 0.216. The van der Waals surface area contributed by atoms with Crippen molar-refractivity contribution in [2.45, 2.75) is 19.4 Å². The van der Waals surface area contributed by atoms with E-state index in [1.54, 1.807) is 12.1 Å². The number of aryl methyl sites for hydroxylation is 1. The molecule has 100 valence electrons. The maximum absolute atomic E-state index is 10.1. The van der Waals surface area contributed by atoms with Crippen molar-refractivity contribution < 1.29 is 9.84 Å². The van der Waals surface area contributed by atoms with Crippen LogP contribution < -0.4 is 4.74 Å². The van der Waals surface area contributed by atoms with Crippen molar-refractivity contribution in [2.75, 3.05) is 6.61 Å². The number of aliphatic hydroxyl groups is 1. The van der Waals surface area contributed by atoms with Crippen molar-refractivity contribution in [3.8, 4) is 5.75 Å². The van der Waals surface area contributed by atoms with Crippen LogP contribution in [0.15, 0.2) is 48.5 Å². The second kappa shape index (κ2) is 6.60. The summed E-state index contributed by atoms with van der Waals surface area (Å²) in [5.41, 5.74) is 2.08. The van der Waals surface area contributed by atoms with Crippen molar-refractivity contribution >= 4 is 11.6 Å². The fraction of sp³-hybridized carbons (Fsp3) is 0.250. The topological polar surface area (TPSA) is 29.5 Å². The molecule has 2 nitrogen and oxygen atoms in total. The molecular formula is C16H17ClO2. The Kier molecular flexibility index (Phi) is 4.83. The summed E-state index contributed by atoms with van der Waals surface area (Å²) in [5, 5.41) is 10.7. The van der Waals surface area contributed by atoms with Gasteiger partial charge in [-0.2, -0.15) is 0 Å². The monoisotopic (exact) mass is 276 g/mol. The van der Waals surface area contributed by atoms with E-state index in [-0.39, 0.29) is 6.61 Å². The van der Waals surface area contributed by atoms with Gasteiger partial charge in [0, 0.05) is 5.02 Å². The van der Waals surface area contributed by atoms with E-state index in [1.807, 2.05) is 36.4 Å². The van der Waals surface area contributed by atoms with Crippen LogP contribution in [0.3, 0.4) is 0 Å². The van der Waals surface area contributed by atoms with Gasteiger partial charge in [-0.25, -0.2) is 0 Å². The Morgan fingerprint density at radius 3 is 2.68 bits per heavy atom. The lowest BCUT2D eigenvalue weighted by molar-refractivity contribution is 0.108. The Morgan fingerprint density at radius 2 is 1.95 bits per heavy atom. The minimum atomic E-state index is -0.634. The molecule has 0 bridgehead atoms. The average molecular weight is 277 g/mol. The van der Waals surface area contributed by atoms with Crippen molar-refractivity contribution in [2.24, 2.45) is 0 Å². The average Bonchev–Trinajstić information content (AvgIpc) is 2.45. The van der Waals surface area contributed by atoms with Crippen molar-refractivity contribution in [3.63, 3.8) is 0 Å². The number of ether oxygens (including phenoxy) is 1. The third-order valence-electron chi connectivity index (χ3n) is 2.95. The zero-order valence-corrected chi connectivity index (χ0v) is 11.6. The lowest BCUT2D eigenvalue weighted by Gasteiger charge is -2.13. The van der Waals surface area contributed by atoms with Gasteiger partial charge in [0.1, 0.15) is 18.5 Å². The van der Waals surface area contributed by atoms with Gasteiger partial charge in [-0.05, 0) is 35.7 Å². The summed E-state index contributed by atoms with van der Waals surface area (Å²) in [7, 11) is 0. The summed E-state index contributed by atoms with van der Waals surface area (Å²) in [4.78, 5) is 0. The summed E-state index contributed by atoms with van der Waals surface area (Å²) in [6.45, 7) is 2.31. The number of hydrogen-bond acceptors (Lipinski definition) is 2. The van der Waals surface area contributed by atoms with E-state index in [2.05, 4.69) is 6.92 Å². The fourth-order valence-electron chi connectivity index (χ4n) is 1.85. The van der Waals surface area contributed by atoms with Crippen LogP contribution in [0.5, 0.6) is 5.75 Å². The Hall–Kier alpha value is -1.51. The SMILES string of the molecule is CCc1cccc(C(O)COc2cccc(Cl)c2)c1. The van der Waals surface area contributed by atoms with Crippen LogP contribution in [0.1, 0.15) is 24.2 Å². The molecule has 0 radical (unpaired) electrons. The highest BCUT2D eigenvalue weighted by Gasteiger charge is 2.09. The molecule has 1 N–H and O–H groups in total. The lowest BCUT2D eigenvalue weighted by atomic mass is 10.1. The first kappa shape index (κ1) is 13.9. The van der Waals surface area contributed by atoms with E-state index in [4.69, 9.17) is 16.3 Å². The molecule has 0 aliphatic carbocycles. The fourth-order valence-corrected chi connectivity index (χ4v) is 2.03. The first-order valence-corrected chi connectivity index (χ1v) is 6.72. The highest BCUT2D eigenvalue weighted by atomic mass is 35.5. The van der Waals surface area contributed by atoms with Crippen LogP contribution in [0, 0.1) is 0 Å². The third kappa shape index (κ3) is 3.98. The number of halogens is 1. The molecular weight excluding hydrogens is 260 g/mol. The molecule has 0 saturated carbocycles. The smallest absolute Gasteiger partial charge is 0.120 e. The van der Waals surface area contributed by atoms with Crippen LogP contribution in [-0.2, 0) is 6.42 Å². The Morgan fingerprint density at radius 1 is 1.16 bits per heavy atom. The van der Waals surface area contributed by atoms with Gasteiger partial charge in [0.05, 0.1) is 0 Å². The van der Waals surface area contributed by atoms with Crippen LogP contribution in [0.4, 0.5) is 0 Å². The van der Waals surface area contributed by atoms with E-state index in [0.717, 1.165) is 12.0 Å². The van der Waals surface area contributed by atoms with Crippen LogP contribution in [0.2, 0.25) is 5.02 Å². The maximum atomic E-state index is 10.1. The molecule has 2 aromatic carbocycles. The zero-order valence-electron chi connectivity index (χ0n) is 10.8. The minimum Gasteiger partial charge on any atom is -0.490 e. The molecule has 0 spiro atoms. The van der Waals surface area contributed by atoms with E-state index in [9.17, 15) is 5.11 Å². The quantitative estimate of drug-likeness (QED) is 0.894. The van der Waals surface area contributed by atoms with Gasteiger partial charge in [0.2, 0.25) is 0 Å². The molecule has 0 aliphatic rings. The molecule has 3 heteroatoms. The second-order valence-electron chi connectivity index (χ2n) is 4.38. The van der Waals surface area contributed by atoms with Crippen molar-refractivity contribution in [3.05, 3.63) is 64.7 Å². The first-order valence-electron chi connectivity index (χ1n) is 6.34. The molecule has 0 heterocycles. The van der Waals surface area contributed by atoms with E-state index >= 15 is 0 Å². The van der Waals surface area contributed by atoms with Crippen LogP contribution >= 0.6 is 11.6 Å². The molecule has 2 aromatic rings. The van der Waals surface area contributed by atoms with Gasteiger partial charge in [0.15, 0.2) is 0 Å². The second-order valence-corrected chi connectivity index (χ2v) is 4.82. The van der Waals surface area contributed by atoms with Gasteiger partial charge >= 0.3 is 0 Å². The number of rotatable bonds is 5. The molecule has 0 amide bonds. The molecule has 0 saturated heterocycles. The number of hydrogen-bond donors (Lipinski definition) is 1. The molecule has 0 fully saturated rings. The summed E-state index contributed by atoms with van der Waals surface area (Å²) in [6, 6.07) is 15.1. The van der Waals surface area contributed by atoms with Crippen LogP contribution in [-0.4, -0.2) is 11.7 Å². The summed E-state index contributed by atoms with van der Waals surface area (Å²) in [6.07, 6.45) is 0.320. The van der Waals surface area contributed by atoms with Gasteiger partial charge in [-0.3, -0.25) is 0 Å². The van der Waals surface area contributed by atoms with Crippen molar-refractivity contribution in [1.29, 1.82) is 0 Å². The highest BCUT2D eigenvalue weighted by molar-refractivity contribution is 6.30. The molecule has 2 rings (SSSR count). The molecule has 0 aromatic heterocycles. The first-order chi connectivity index (χ1) is 9.19. The van der Waals surface area contributed by atoms with Gasteiger partial charge in [-0.15, -0.1) is 0 Å². The number of benzene rings is 2. The third-order valence-corrected chi connectivity index (χ3v) is 3.18.